The predicted octanol–water partition coefficient (Wildman–Crippen LogP) is 3.90. The van der Waals surface area contributed by atoms with Crippen molar-refractivity contribution in [3.05, 3.63) is 85.5 Å². The maximum atomic E-state index is 14.6. The second-order valence-corrected chi connectivity index (χ2v) is 12.7. The van der Waals surface area contributed by atoms with Crippen LogP contribution in [0.3, 0.4) is 0 Å². The third-order valence-electron chi connectivity index (χ3n) is 8.72. The fourth-order valence-electron chi connectivity index (χ4n) is 6.96. The molecule has 1 spiro atoms. The second-order valence-electron chi connectivity index (χ2n) is 11.1. The summed E-state index contributed by atoms with van der Waals surface area (Å²) in [6.45, 7) is 8.97. The van der Waals surface area contributed by atoms with E-state index < -0.39 is 22.6 Å². The number of fused-ring (bicyclic) bond motifs is 1. The van der Waals surface area contributed by atoms with Gasteiger partial charge in [0.15, 0.2) is 0 Å². The molecule has 42 heavy (non-hydrogen) atoms. The number of amides is 3. The van der Waals surface area contributed by atoms with Gasteiger partial charge in [0.2, 0.25) is 11.8 Å². The summed E-state index contributed by atoms with van der Waals surface area (Å²) in [7, 11) is 1.59. The molecule has 3 amide bonds. The molecule has 0 aliphatic carbocycles. The molecule has 3 aliphatic rings. The van der Waals surface area contributed by atoms with Crippen LogP contribution in [0.2, 0.25) is 0 Å². The van der Waals surface area contributed by atoms with Crippen molar-refractivity contribution in [1.29, 1.82) is 0 Å². The van der Waals surface area contributed by atoms with Gasteiger partial charge in [0.1, 0.15) is 11.8 Å². The minimum absolute atomic E-state index is 0.0429. The minimum Gasteiger partial charge on any atom is -0.497 e. The predicted molar refractivity (Wildman–Crippen MR) is 165 cm³/mol. The molecule has 9 heteroatoms. The van der Waals surface area contributed by atoms with E-state index in [9.17, 15) is 19.5 Å². The van der Waals surface area contributed by atoms with Gasteiger partial charge in [-0.15, -0.1) is 24.9 Å². The molecule has 3 aliphatic heterocycles. The number of hydrogen-bond acceptors (Lipinski definition) is 6. The first kappa shape index (κ1) is 29.9. The largest absolute Gasteiger partial charge is 0.497 e. The second kappa shape index (κ2) is 12.8. The lowest BCUT2D eigenvalue weighted by Crippen LogP contribution is -2.55. The molecular formula is C33H39N3O5S. The van der Waals surface area contributed by atoms with Crippen LogP contribution < -0.4 is 9.64 Å². The number of methoxy groups -OCH3 is 1. The Hall–Kier alpha value is -3.56. The number of aliphatic hydroxyl groups excluding tert-OH is 1. The Morgan fingerprint density at radius 3 is 2.45 bits per heavy atom. The number of hydrogen-bond donors (Lipinski definition) is 1. The van der Waals surface area contributed by atoms with Crippen molar-refractivity contribution in [3.63, 3.8) is 0 Å². The Kier molecular flexibility index (Phi) is 9.08. The van der Waals surface area contributed by atoms with E-state index in [2.05, 4.69) is 13.2 Å². The van der Waals surface area contributed by atoms with Gasteiger partial charge in [-0.3, -0.25) is 14.4 Å². The third-order valence-corrected chi connectivity index (χ3v) is 10.7. The zero-order chi connectivity index (χ0) is 29.9. The van der Waals surface area contributed by atoms with Gasteiger partial charge in [0.05, 0.1) is 23.7 Å². The van der Waals surface area contributed by atoms with Gasteiger partial charge in [-0.2, -0.15) is 0 Å². The Bertz CT molecular complexity index is 1320. The molecule has 0 saturated carbocycles. The molecule has 8 nitrogen and oxygen atoms in total. The summed E-state index contributed by atoms with van der Waals surface area (Å²) in [5, 5.41) is 9.63. The Morgan fingerprint density at radius 1 is 1.10 bits per heavy atom. The van der Waals surface area contributed by atoms with Gasteiger partial charge >= 0.3 is 0 Å². The minimum atomic E-state index is -0.752. The fraction of sp³-hybridized carbons (Fsp3) is 0.424. The highest BCUT2D eigenvalue weighted by atomic mass is 32.2. The summed E-state index contributed by atoms with van der Waals surface area (Å²) in [6, 6.07) is 16.3. The van der Waals surface area contributed by atoms with Crippen molar-refractivity contribution in [1.82, 2.24) is 9.80 Å². The fourth-order valence-corrected chi connectivity index (χ4v) is 9.17. The highest BCUT2D eigenvalue weighted by Crippen LogP contribution is 2.66. The number of benzene rings is 2. The number of nitrogens with zero attached hydrogens (tertiary/aromatic N) is 3. The summed E-state index contributed by atoms with van der Waals surface area (Å²) in [6.07, 6.45) is 5.19. The van der Waals surface area contributed by atoms with E-state index in [-0.39, 0.29) is 42.7 Å². The van der Waals surface area contributed by atoms with Crippen LogP contribution in [0.1, 0.15) is 24.8 Å². The van der Waals surface area contributed by atoms with E-state index in [0.717, 1.165) is 12.0 Å². The number of rotatable bonds is 13. The number of thioether (sulfide) groups is 1. The average molecular weight is 590 g/mol. The van der Waals surface area contributed by atoms with Crippen molar-refractivity contribution >= 4 is 35.2 Å². The number of anilines is 1. The topological polar surface area (TPSA) is 90.4 Å². The van der Waals surface area contributed by atoms with E-state index in [1.807, 2.05) is 42.5 Å². The quantitative estimate of drug-likeness (QED) is 0.357. The van der Waals surface area contributed by atoms with Crippen LogP contribution in [0, 0.1) is 11.8 Å². The number of aliphatic hydroxyl groups is 1. The average Bonchev–Trinajstić information content (AvgIpc) is 3.66. The van der Waals surface area contributed by atoms with Gasteiger partial charge in [0, 0.05) is 43.7 Å². The van der Waals surface area contributed by atoms with Crippen LogP contribution in [-0.4, -0.2) is 82.0 Å². The maximum absolute atomic E-state index is 14.6. The third kappa shape index (κ3) is 5.24. The lowest BCUT2D eigenvalue weighted by molar-refractivity contribution is -0.144. The van der Waals surface area contributed by atoms with Crippen molar-refractivity contribution in [2.45, 2.75) is 41.8 Å². The van der Waals surface area contributed by atoms with Crippen molar-refractivity contribution in [2.24, 2.45) is 11.8 Å². The molecule has 3 saturated heterocycles. The number of carbonyl (C=O) groups excluding carboxylic acids is 3. The molecule has 0 radical (unpaired) electrons. The lowest BCUT2D eigenvalue weighted by atomic mass is 9.70. The van der Waals surface area contributed by atoms with Gasteiger partial charge in [-0.05, 0) is 49.1 Å². The molecule has 3 heterocycles. The van der Waals surface area contributed by atoms with E-state index in [1.165, 1.54) is 0 Å². The molecule has 222 valence electrons. The van der Waals surface area contributed by atoms with Gasteiger partial charge in [0.25, 0.3) is 5.91 Å². The number of ether oxygens (including phenoxy) is 1. The van der Waals surface area contributed by atoms with E-state index in [1.54, 1.807) is 57.9 Å². The summed E-state index contributed by atoms with van der Waals surface area (Å²) in [4.78, 5) is 48.2. The van der Waals surface area contributed by atoms with Crippen LogP contribution in [-0.2, 0) is 20.9 Å². The number of carbonyl (C=O) groups is 3. The van der Waals surface area contributed by atoms with Gasteiger partial charge in [-0.1, -0.05) is 42.5 Å². The Balaban J connectivity index is 1.50. The normalized spacial score (nSPS) is 25.7. The summed E-state index contributed by atoms with van der Waals surface area (Å²) < 4.78 is 4.59. The lowest BCUT2D eigenvalue weighted by Gasteiger charge is -2.37. The van der Waals surface area contributed by atoms with Crippen LogP contribution >= 0.6 is 11.8 Å². The van der Waals surface area contributed by atoms with E-state index >= 15 is 0 Å². The molecule has 1 N–H and O–H groups in total. The Morgan fingerprint density at radius 2 is 1.81 bits per heavy atom. The molecule has 0 aromatic heterocycles. The molecule has 2 bridgehead atoms. The van der Waals surface area contributed by atoms with E-state index in [0.29, 0.717) is 37.4 Å². The maximum Gasteiger partial charge on any atom is 0.251 e. The van der Waals surface area contributed by atoms with Crippen LogP contribution in [0.4, 0.5) is 5.69 Å². The Labute approximate surface area is 252 Å². The first-order valence-electron chi connectivity index (χ1n) is 14.5. The summed E-state index contributed by atoms with van der Waals surface area (Å²) in [5.74, 6) is -0.878. The first-order valence-corrected chi connectivity index (χ1v) is 15.4. The van der Waals surface area contributed by atoms with Gasteiger partial charge < -0.3 is 24.5 Å². The molecule has 2 unspecified atom stereocenters. The molecule has 2 aromatic rings. The van der Waals surface area contributed by atoms with Crippen LogP contribution in [0.25, 0.3) is 0 Å². The highest BCUT2D eigenvalue weighted by molar-refractivity contribution is 8.02. The molecule has 3 fully saturated rings. The molecule has 5 atom stereocenters. The summed E-state index contributed by atoms with van der Waals surface area (Å²) in [5.41, 5.74) is 1.69. The zero-order valence-electron chi connectivity index (χ0n) is 24.1. The zero-order valence-corrected chi connectivity index (χ0v) is 24.9. The van der Waals surface area contributed by atoms with Gasteiger partial charge in [-0.25, -0.2) is 0 Å². The van der Waals surface area contributed by atoms with Crippen molar-refractivity contribution in [3.8, 4) is 5.75 Å². The van der Waals surface area contributed by atoms with Crippen molar-refractivity contribution < 1.29 is 24.2 Å². The molecular weight excluding hydrogens is 550 g/mol. The standard InChI is InChI=1S/C33H39N3O5S/c1-4-18-34(22-23-10-7-6-8-11-23)30(38)27-26-16-17-33(42-26)28(27)31(39)36(20-9-21-37)29(33)32(40)35(19-5-2)24-12-14-25(41-3)15-13-24/h4-8,10-15,26-29,37H,1-2,9,16-22H2,3H3/t26-,27+,28-,29?,33?/m0/s1. The van der Waals surface area contributed by atoms with Crippen molar-refractivity contribution in [2.75, 3.05) is 38.3 Å². The monoisotopic (exact) mass is 589 g/mol. The highest BCUT2D eigenvalue weighted by Gasteiger charge is 2.74. The molecule has 5 rings (SSSR count). The van der Waals surface area contributed by atoms with Crippen LogP contribution in [0.5, 0.6) is 5.75 Å². The number of likely N-dealkylation sites (tertiary alicyclic amines) is 1. The summed E-state index contributed by atoms with van der Waals surface area (Å²) >= 11 is 1.65. The van der Waals surface area contributed by atoms with Crippen LogP contribution in [0.15, 0.2) is 79.9 Å². The molecule has 2 aromatic carbocycles. The smallest absolute Gasteiger partial charge is 0.251 e. The SMILES string of the molecule is C=CCN(Cc1ccccc1)C(=O)[C@@H]1[C@@H]2CCC3(S2)C(C(=O)N(CC=C)c2ccc(OC)cc2)N(CCCO)C(=O)[C@H]13. The first-order chi connectivity index (χ1) is 20.4. The van der Waals surface area contributed by atoms with E-state index in [4.69, 9.17) is 4.74 Å².